The minimum absolute atomic E-state index is 0.294. The fourth-order valence-electron chi connectivity index (χ4n) is 0.851. The molecule has 84 valence electrons. The summed E-state index contributed by atoms with van der Waals surface area (Å²) in [7, 11) is 0.347. The first-order chi connectivity index (χ1) is 6.73. The van der Waals surface area contributed by atoms with Crippen molar-refractivity contribution in [1.29, 1.82) is 0 Å². The number of halogens is 4. The predicted molar refractivity (Wildman–Crippen MR) is 46.6 cm³/mol. The summed E-state index contributed by atoms with van der Waals surface area (Å²) < 4.78 is 59.0. The Hall–Kier alpha value is -1.02. The molecule has 0 saturated carbocycles. The van der Waals surface area contributed by atoms with Crippen molar-refractivity contribution >= 4 is 25.6 Å². The molecule has 0 aliphatic heterocycles. The number of hydrogen-bond donors (Lipinski definition) is 1. The Morgan fingerprint density at radius 1 is 1.47 bits per heavy atom. The van der Waals surface area contributed by atoms with Crippen LogP contribution in [0, 0.1) is 5.82 Å². The number of nitrogen functional groups attached to an aromatic ring is 1. The molecule has 1 aromatic heterocycles. The van der Waals surface area contributed by atoms with E-state index in [4.69, 9.17) is 16.4 Å². The number of nitrogens with two attached hydrogens (primary N) is 1. The Balaban J connectivity index is 3.56. The second kappa shape index (κ2) is 3.86. The Morgan fingerprint density at radius 3 is 2.40 bits per heavy atom. The van der Waals surface area contributed by atoms with Gasteiger partial charge in [0.1, 0.15) is 0 Å². The van der Waals surface area contributed by atoms with Gasteiger partial charge in [-0.15, -0.1) is 0 Å². The summed E-state index contributed by atoms with van der Waals surface area (Å²) in [6.45, 7) is 0. The molecule has 0 radical (unpaired) electrons. The van der Waals surface area contributed by atoms with Crippen molar-refractivity contribution in [2.24, 2.45) is 0 Å². The van der Waals surface area contributed by atoms with Crippen molar-refractivity contribution in [3.63, 3.8) is 0 Å². The fourth-order valence-corrected chi connectivity index (χ4v) is 1.86. The molecule has 2 N–H and O–H groups in total. The lowest BCUT2D eigenvalue weighted by Gasteiger charge is -2.06. The molecule has 0 aromatic carbocycles. The van der Waals surface area contributed by atoms with E-state index in [1.165, 1.54) is 0 Å². The van der Waals surface area contributed by atoms with Crippen LogP contribution >= 0.6 is 10.7 Å². The molecule has 9 heteroatoms. The number of nitrogens with zero attached hydrogens (tertiary/aromatic N) is 1. The van der Waals surface area contributed by atoms with E-state index in [0.717, 1.165) is 0 Å². The van der Waals surface area contributed by atoms with Crippen LogP contribution in [0.3, 0.4) is 0 Å². The van der Waals surface area contributed by atoms with Gasteiger partial charge in [-0.3, -0.25) is 0 Å². The predicted octanol–water partition coefficient (Wildman–Crippen LogP) is 1.67. The van der Waals surface area contributed by atoms with Gasteiger partial charge in [0.05, 0.1) is 5.56 Å². The van der Waals surface area contributed by atoms with Crippen LogP contribution < -0.4 is 5.73 Å². The van der Waals surface area contributed by atoms with Gasteiger partial charge in [0.15, 0.2) is 16.7 Å². The van der Waals surface area contributed by atoms with Crippen LogP contribution in [-0.2, 0) is 9.05 Å². The summed E-state index contributed by atoms with van der Waals surface area (Å²) in [6, 6.07) is 0.294. The highest BCUT2D eigenvalue weighted by atomic mass is 35.7. The van der Waals surface area contributed by atoms with Crippen molar-refractivity contribution in [3.05, 3.63) is 17.4 Å². The molecule has 0 aliphatic carbocycles. The Labute approximate surface area is 87.3 Å². The number of anilines is 1. The average Bonchev–Trinajstić information content (AvgIpc) is 2.06. The summed E-state index contributed by atoms with van der Waals surface area (Å²) in [5.74, 6) is -2.03. The first-order valence-electron chi connectivity index (χ1n) is 3.42. The lowest BCUT2D eigenvalue weighted by Crippen LogP contribution is -2.07. The van der Waals surface area contributed by atoms with Gasteiger partial charge in [-0.1, -0.05) is 0 Å². The van der Waals surface area contributed by atoms with Crippen LogP contribution in [0.2, 0.25) is 0 Å². The highest BCUT2D eigenvalue weighted by Gasteiger charge is 2.25. The molecule has 15 heavy (non-hydrogen) atoms. The smallest absolute Gasteiger partial charge is 0.279 e. The van der Waals surface area contributed by atoms with Gasteiger partial charge in [0.2, 0.25) is 0 Å². The van der Waals surface area contributed by atoms with Gasteiger partial charge in [0, 0.05) is 10.7 Å². The average molecular weight is 261 g/mol. The molecule has 1 heterocycles. The molecule has 0 saturated heterocycles. The van der Waals surface area contributed by atoms with E-state index in [1.807, 2.05) is 0 Å². The number of hydrogen-bond acceptors (Lipinski definition) is 4. The van der Waals surface area contributed by atoms with Crippen LogP contribution in [0.1, 0.15) is 12.0 Å². The zero-order valence-electron chi connectivity index (χ0n) is 6.92. The second-order valence-electron chi connectivity index (χ2n) is 2.49. The molecule has 0 bridgehead atoms. The first kappa shape index (κ1) is 12.1. The molecule has 1 aromatic rings. The molecule has 4 nitrogen and oxygen atoms in total. The number of aromatic nitrogens is 1. The maximum Gasteiger partial charge on any atom is 0.279 e. The quantitative estimate of drug-likeness (QED) is 0.821. The minimum Gasteiger partial charge on any atom is -0.381 e. The van der Waals surface area contributed by atoms with Crippen LogP contribution in [0.5, 0.6) is 0 Å². The molecule has 1 rings (SSSR count). The summed E-state index contributed by atoms with van der Waals surface area (Å²) in [5.41, 5.74) is 3.82. The third kappa shape index (κ3) is 2.51. The van der Waals surface area contributed by atoms with Gasteiger partial charge >= 0.3 is 0 Å². The number of alkyl halides is 2. The summed E-state index contributed by atoms with van der Waals surface area (Å²) >= 11 is 0. The Kier molecular flexibility index (Phi) is 3.10. The van der Waals surface area contributed by atoms with Crippen molar-refractivity contribution < 1.29 is 21.6 Å². The highest BCUT2D eigenvalue weighted by Crippen LogP contribution is 2.29. The largest absolute Gasteiger partial charge is 0.381 e. The van der Waals surface area contributed by atoms with Gasteiger partial charge < -0.3 is 5.73 Å². The van der Waals surface area contributed by atoms with Gasteiger partial charge in [-0.2, -0.15) is 0 Å². The number of rotatable bonds is 2. The lowest BCUT2D eigenvalue weighted by molar-refractivity contribution is 0.146. The van der Waals surface area contributed by atoms with Crippen molar-refractivity contribution in [2.45, 2.75) is 11.5 Å². The van der Waals surface area contributed by atoms with Crippen LogP contribution in [0.25, 0.3) is 0 Å². The molecule has 0 fully saturated rings. The Morgan fingerprint density at radius 2 is 2.00 bits per heavy atom. The van der Waals surface area contributed by atoms with Gasteiger partial charge in [0.25, 0.3) is 15.5 Å². The highest BCUT2D eigenvalue weighted by molar-refractivity contribution is 8.13. The van der Waals surface area contributed by atoms with E-state index in [1.54, 1.807) is 0 Å². The Bertz CT molecular complexity index is 491. The first-order valence-corrected chi connectivity index (χ1v) is 5.73. The van der Waals surface area contributed by atoms with Crippen molar-refractivity contribution in [1.82, 2.24) is 4.98 Å². The standard InChI is InChI=1S/C6H4ClF3N2O2S/c7-15(13,14)6-2(4(9)10)1-3(8)5(11)12-6/h1,4H,(H2,11,12). The molecular formula is C6H4ClF3N2O2S. The van der Waals surface area contributed by atoms with Crippen molar-refractivity contribution in [3.8, 4) is 0 Å². The topological polar surface area (TPSA) is 73.0 Å². The molecule has 0 amide bonds. The third-order valence-electron chi connectivity index (χ3n) is 1.46. The van der Waals surface area contributed by atoms with E-state index in [0.29, 0.717) is 6.07 Å². The minimum atomic E-state index is -4.48. The van der Waals surface area contributed by atoms with Crippen molar-refractivity contribution in [2.75, 3.05) is 5.73 Å². The normalized spacial score (nSPS) is 12.1. The van der Waals surface area contributed by atoms with Gasteiger partial charge in [-0.05, 0) is 6.07 Å². The maximum atomic E-state index is 12.7. The van der Waals surface area contributed by atoms with E-state index in [9.17, 15) is 21.6 Å². The SMILES string of the molecule is Nc1nc(S(=O)(=O)Cl)c(C(F)F)cc1F. The van der Waals surface area contributed by atoms with E-state index in [-0.39, 0.29) is 0 Å². The van der Waals surface area contributed by atoms with E-state index < -0.39 is 37.7 Å². The van der Waals surface area contributed by atoms with Crippen LogP contribution in [0.4, 0.5) is 19.0 Å². The zero-order valence-corrected chi connectivity index (χ0v) is 8.49. The van der Waals surface area contributed by atoms with E-state index in [2.05, 4.69) is 4.98 Å². The third-order valence-corrected chi connectivity index (χ3v) is 2.69. The summed E-state index contributed by atoms with van der Waals surface area (Å²) in [4.78, 5) is 2.97. The molecule has 0 aliphatic rings. The molecular weight excluding hydrogens is 257 g/mol. The zero-order chi connectivity index (χ0) is 11.8. The summed E-state index contributed by atoms with van der Waals surface area (Å²) in [6.07, 6.45) is -3.21. The van der Waals surface area contributed by atoms with E-state index >= 15 is 0 Å². The monoisotopic (exact) mass is 260 g/mol. The molecule has 0 unspecified atom stereocenters. The molecule has 0 atom stereocenters. The second-order valence-corrected chi connectivity index (χ2v) is 4.97. The number of pyridine rings is 1. The maximum absolute atomic E-state index is 12.7. The van der Waals surface area contributed by atoms with Crippen LogP contribution in [0.15, 0.2) is 11.1 Å². The summed E-state index contributed by atoms with van der Waals surface area (Å²) in [5, 5.41) is -1.13. The molecule has 0 spiro atoms. The lowest BCUT2D eigenvalue weighted by atomic mass is 10.3. The van der Waals surface area contributed by atoms with Crippen LogP contribution in [-0.4, -0.2) is 13.4 Å². The van der Waals surface area contributed by atoms with Gasteiger partial charge in [-0.25, -0.2) is 26.6 Å². The fraction of sp³-hybridized carbons (Fsp3) is 0.167.